The molecular formula is C13H20ClNO3S2. The zero-order chi connectivity index (χ0) is 14.8. The van der Waals surface area contributed by atoms with Crippen molar-refractivity contribution in [1.29, 1.82) is 0 Å². The molecular weight excluding hydrogens is 318 g/mol. The van der Waals surface area contributed by atoms with Crippen molar-refractivity contribution in [2.75, 3.05) is 26.8 Å². The average molecular weight is 338 g/mol. The van der Waals surface area contributed by atoms with Gasteiger partial charge in [-0.05, 0) is 31.7 Å². The SMILES string of the molecule is Cc1sc(CCl)cc1S(=O)(=O)N(C)CC1CCOCC1. The first kappa shape index (κ1) is 16.2. The van der Waals surface area contributed by atoms with E-state index in [1.54, 1.807) is 13.1 Å². The molecule has 0 amide bonds. The lowest BCUT2D eigenvalue weighted by atomic mass is 10.0. The van der Waals surface area contributed by atoms with E-state index in [1.165, 1.54) is 15.6 Å². The van der Waals surface area contributed by atoms with Crippen LogP contribution in [0.4, 0.5) is 0 Å². The molecule has 1 aromatic rings. The molecule has 0 bridgehead atoms. The third-order valence-corrected chi connectivity index (χ3v) is 7.18. The monoisotopic (exact) mass is 337 g/mol. The predicted molar refractivity (Wildman–Crippen MR) is 82.0 cm³/mol. The molecule has 2 rings (SSSR count). The van der Waals surface area contributed by atoms with Crippen LogP contribution in [0.2, 0.25) is 0 Å². The minimum Gasteiger partial charge on any atom is -0.381 e. The van der Waals surface area contributed by atoms with E-state index >= 15 is 0 Å². The standard InChI is InChI=1S/C13H20ClNO3S2/c1-10-13(7-12(8-14)19-10)20(16,17)15(2)9-11-3-5-18-6-4-11/h7,11H,3-6,8-9H2,1-2H3. The summed E-state index contributed by atoms with van der Waals surface area (Å²) in [6.07, 6.45) is 1.85. The molecule has 1 aliphatic rings. The first-order chi connectivity index (χ1) is 9.45. The summed E-state index contributed by atoms with van der Waals surface area (Å²) in [6.45, 7) is 3.84. The molecule has 1 saturated heterocycles. The Morgan fingerprint density at radius 1 is 1.45 bits per heavy atom. The fourth-order valence-electron chi connectivity index (χ4n) is 2.40. The largest absolute Gasteiger partial charge is 0.381 e. The lowest BCUT2D eigenvalue weighted by Gasteiger charge is -2.26. The number of nitrogens with zero attached hydrogens (tertiary/aromatic N) is 1. The number of alkyl halides is 1. The summed E-state index contributed by atoms with van der Waals surface area (Å²) in [5.74, 6) is 0.736. The van der Waals surface area contributed by atoms with E-state index in [0.29, 0.717) is 23.2 Å². The summed E-state index contributed by atoms with van der Waals surface area (Å²) in [5.41, 5.74) is 0. The van der Waals surface area contributed by atoms with Crippen LogP contribution in [0.5, 0.6) is 0 Å². The Bertz CT molecular complexity index is 550. The van der Waals surface area contributed by atoms with Crippen LogP contribution in [0.25, 0.3) is 0 Å². The molecule has 2 heterocycles. The Morgan fingerprint density at radius 3 is 2.65 bits per heavy atom. The second-order valence-corrected chi connectivity index (χ2v) is 8.73. The second kappa shape index (κ2) is 6.75. The first-order valence-electron chi connectivity index (χ1n) is 6.64. The van der Waals surface area contributed by atoms with Gasteiger partial charge in [0.1, 0.15) is 0 Å². The molecule has 0 atom stereocenters. The number of rotatable bonds is 5. The van der Waals surface area contributed by atoms with Crippen molar-refractivity contribution in [3.8, 4) is 0 Å². The number of hydrogen-bond acceptors (Lipinski definition) is 4. The number of sulfonamides is 1. The molecule has 0 radical (unpaired) electrons. The highest BCUT2D eigenvalue weighted by atomic mass is 35.5. The quantitative estimate of drug-likeness (QED) is 0.776. The van der Waals surface area contributed by atoms with Crippen LogP contribution in [0.15, 0.2) is 11.0 Å². The molecule has 0 aromatic carbocycles. The maximum atomic E-state index is 12.6. The molecule has 1 aliphatic heterocycles. The van der Waals surface area contributed by atoms with Crippen LogP contribution in [-0.4, -0.2) is 39.5 Å². The van der Waals surface area contributed by atoms with Gasteiger partial charge in [-0.1, -0.05) is 0 Å². The van der Waals surface area contributed by atoms with Gasteiger partial charge in [-0.15, -0.1) is 22.9 Å². The van der Waals surface area contributed by atoms with E-state index in [-0.39, 0.29) is 0 Å². The van der Waals surface area contributed by atoms with Crippen LogP contribution >= 0.6 is 22.9 Å². The molecule has 0 N–H and O–H groups in total. The van der Waals surface area contributed by atoms with Crippen LogP contribution in [0, 0.1) is 12.8 Å². The average Bonchev–Trinajstić information content (AvgIpc) is 2.82. The van der Waals surface area contributed by atoms with Gasteiger partial charge in [0.2, 0.25) is 10.0 Å². The molecule has 0 unspecified atom stereocenters. The van der Waals surface area contributed by atoms with Crippen molar-refractivity contribution < 1.29 is 13.2 Å². The van der Waals surface area contributed by atoms with E-state index in [9.17, 15) is 8.42 Å². The zero-order valence-corrected chi connectivity index (χ0v) is 14.2. The van der Waals surface area contributed by atoms with Gasteiger partial charge in [0.25, 0.3) is 0 Å². The maximum absolute atomic E-state index is 12.6. The van der Waals surface area contributed by atoms with Crippen molar-refractivity contribution in [2.45, 2.75) is 30.5 Å². The summed E-state index contributed by atoms with van der Waals surface area (Å²) >= 11 is 7.23. The van der Waals surface area contributed by atoms with Gasteiger partial charge in [0.05, 0.1) is 10.8 Å². The van der Waals surface area contributed by atoms with Gasteiger partial charge in [-0.25, -0.2) is 12.7 Å². The first-order valence-corrected chi connectivity index (χ1v) is 9.43. The van der Waals surface area contributed by atoms with Crippen molar-refractivity contribution in [2.24, 2.45) is 5.92 Å². The van der Waals surface area contributed by atoms with Crippen molar-refractivity contribution in [3.63, 3.8) is 0 Å². The van der Waals surface area contributed by atoms with E-state index in [4.69, 9.17) is 16.3 Å². The fourth-order valence-corrected chi connectivity index (χ4v) is 5.34. The molecule has 7 heteroatoms. The summed E-state index contributed by atoms with van der Waals surface area (Å²) in [6, 6.07) is 1.70. The predicted octanol–water partition coefficient (Wildman–Crippen LogP) is 2.84. The molecule has 1 aromatic heterocycles. The van der Waals surface area contributed by atoms with Crippen LogP contribution in [0.3, 0.4) is 0 Å². The van der Waals surface area contributed by atoms with Crippen LogP contribution in [-0.2, 0) is 20.6 Å². The Balaban J connectivity index is 2.13. The minimum atomic E-state index is -3.41. The topological polar surface area (TPSA) is 46.6 Å². The van der Waals surface area contributed by atoms with Gasteiger partial charge in [-0.2, -0.15) is 0 Å². The summed E-state index contributed by atoms with van der Waals surface area (Å²) in [7, 11) is -1.76. The third kappa shape index (κ3) is 3.54. The number of aryl methyl sites for hydroxylation is 1. The number of thiophene rings is 1. The highest BCUT2D eigenvalue weighted by Gasteiger charge is 2.27. The van der Waals surface area contributed by atoms with E-state index in [0.717, 1.165) is 35.8 Å². The van der Waals surface area contributed by atoms with Gasteiger partial charge in [0, 0.05) is 36.6 Å². The van der Waals surface area contributed by atoms with Gasteiger partial charge >= 0.3 is 0 Å². The van der Waals surface area contributed by atoms with Crippen molar-refractivity contribution in [1.82, 2.24) is 4.31 Å². The lowest BCUT2D eigenvalue weighted by Crippen LogP contribution is -2.34. The van der Waals surface area contributed by atoms with Crippen molar-refractivity contribution >= 4 is 33.0 Å². The van der Waals surface area contributed by atoms with E-state index in [1.807, 2.05) is 6.92 Å². The van der Waals surface area contributed by atoms with E-state index < -0.39 is 10.0 Å². The number of halogens is 1. The molecule has 1 fully saturated rings. The lowest BCUT2D eigenvalue weighted by molar-refractivity contribution is 0.0620. The Hall–Kier alpha value is -0.140. The molecule has 0 aliphatic carbocycles. The summed E-state index contributed by atoms with van der Waals surface area (Å²) < 4.78 is 32.0. The van der Waals surface area contributed by atoms with Gasteiger partial charge in [-0.3, -0.25) is 0 Å². The Kier molecular flexibility index (Phi) is 5.48. The molecule has 0 saturated carbocycles. The maximum Gasteiger partial charge on any atom is 0.243 e. The molecule has 114 valence electrons. The number of ether oxygens (including phenoxy) is 1. The third-order valence-electron chi connectivity index (χ3n) is 3.60. The summed E-state index contributed by atoms with van der Waals surface area (Å²) in [5, 5.41) is 0. The van der Waals surface area contributed by atoms with Crippen LogP contribution < -0.4 is 0 Å². The minimum absolute atomic E-state index is 0.352. The molecule has 20 heavy (non-hydrogen) atoms. The van der Waals surface area contributed by atoms with Crippen molar-refractivity contribution in [3.05, 3.63) is 15.8 Å². The molecule has 4 nitrogen and oxygen atoms in total. The second-order valence-electron chi connectivity index (χ2n) is 5.11. The zero-order valence-electron chi connectivity index (χ0n) is 11.8. The molecule has 0 spiro atoms. The smallest absolute Gasteiger partial charge is 0.243 e. The number of hydrogen-bond donors (Lipinski definition) is 0. The Labute approximate surface area is 129 Å². The van der Waals surface area contributed by atoms with Gasteiger partial charge in [0.15, 0.2) is 0 Å². The van der Waals surface area contributed by atoms with E-state index in [2.05, 4.69) is 0 Å². The van der Waals surface area contributed by atoms with Gasteiger partial charge < -0.3 is 4.74 Å². The normalized spacial score (nSPS) is 17.8. The Morgan fingerprint density at radius 2 is 2.10 bits per heavy atom. The highest BCUT2D eigenvalue weighted by Crippen LogP contribution is 2.29. The summed E-state index contributed by atoms with van der Waals surface area (Å²) in [4.78, 5) is 2.09. The van der Waals surface area contributed by atoms with Crippen LogP contribution in [0.1, 0.15) is 22.6 Å². The highest BCUT2D eigenvalue weighted by molar-refractivity contribution is 7.89. The fraction of sp³-hybridized carbons (Fsp3) is 0.692.